The van der Waals surface area contributed by atoms with Crippen molar-refractivity contribution >= 4 is 23.3 Å². The van der Waals surface area contributed by atoms with E-state index in [4.69, 9.17) is 16.3 Å². The molecular weight excluding hydrogens is 357 g/mol. The van der Waals surface area contributed by atoms with Crippen molar-refractivity contribution in [1.29, 1.82) is 0 Å². The molecule has 3 aromatic rings. The predicted octanol–water partition coefficient (Wildman–Crippen LogP) is 4.13. The lowest BCUT2D eigenvalue weighted by atomic mass is 10.1. The maximum atomic E-state index is 13.4. The summed E-state index contributed by atoms with van der Waals surface area (Å²) in [5.74, 6) is 0.172. The van der Waals surface area contributed by atoms with Gasteiger partial charge in [-0.25, -0.2) is 14.4 Å². The van der Waals surface area contributed by atoms with E-state index < -0.39 is 0 Å². The van der Waals surface area contributed by atoms with E-state index in [-0.39, 0.29) is 18.1 Å². The Morgan fingerprint density at radius 2 is 1.96 bits per heavy atom. The third-order valence-electron chi connectivity index (χ3n) is 3.66. The molecule has 26 heavy (non-hydrogen) atoms. The van der Waals surface area contributed by atoms with Crippen molar-refractivity contribution in [3.05, 3.63) is 71.4 Å². The molecule has 0 aliphatic rings. The van der Waals surface area contributed by atoms with Crippen LogP contribution < -0.4 is 10.1 Å². The molecule has 2 aromatic heterocycles. The lowest BCUT2D eigenvalue weighted by molar-refractivity contribution is -0.115. The molecule has 0 atom stereocenters. The number of ether oxygens (including phenoxy) is 1. The van der Waals surface area contributed by atoms with Crippen LogP contribution in [0.5, 0.6) is 5.75 Å². The topological polar surface area (TPSA) is 64.1 Å². The number of methoxy groups -OCH3 is 1. The van der Waals surface area contributed by atoms with E-state index >= 15 is 0 Å². The minimum Gasteiger partial charge on any atom is -0.496 e. The van der Waals surface area contributed by atoms with Crippen LogP contribution in [0.3, 0.4) is 0 Å². The fraction of sp³-hybridized carbons (Fsp3) is 0.105. The molecule has 0 radical (unpaired) electrons. The summed E-state index contributed by atoms with van der Waals surface area (Å²) < 4.78 is 18.6. The molecule has 0 saturated carbocycles. The van der Waals surface area contributed by atoms with Gasteiger partial charge in [-0.15, -0.1) is 0 Å². The van der Waals surface area contributed by atoms with Crippen LogP contribution in [0.1, 0.15) is 5.56 Å². The van der Waals surface area contributed by atoms with E-state index in [9.17, 15) is 9.18 Å². The van der Waals surface area contributed by atoms with Gasteiger partial charge in [-0.2, -0.15) is 0 Å². The molecule has 0 bridgehead atoms. The smallest absolute Gasteiger partial charge is 0.229 e. The van der Waals surface area contributed by atoms with Gasteiger partial charge < -0.3 is 10.1 Å². The molecule has 2 heterocycles. The first-order valence-corrected chi connectivity index (χ1v) is 8.13. The standard InChI is InChI=1S/C19H15ClFN3O2/c1-26-16-11-14(21)2-3-15(16)13-5-7-23-18(10-13)24-19(25)9-12-4-6-22-17(20)8-12/h2-8,10-11H,9H2,1H3,(H,23,24,25). The van der Waals surface area contributed by atoms with Crippen LogP contribution in [0, 0.1) is 5.82 Å². The van der Waals surface area contributed by atoms with Crippen LogP contribution in [-0.2, 0) is 11.2 Å². The van der Waals surface area contributed by atoms with E-state index in [0.717, 1.165) is 11.1 Å². The molecule has 0 spiro atoms. The summed E-state index contributed by atoms with van der Waals surface area (Å²) in [5, 5.41) is 3.07. The fourth-order valence-electron chi connectivity index (χ4n) is 2.49. The zero-order valence-electron chi connectivity index (χ0n) is 13.9. The number of carbonyl (C=O) groups excluding carboxylic acids is 1. The number of pyridine rings is 2. The summed E-state index contributed by atoms with van der Waals surface area (Å²) in [4.78, 5) is 20.3. The van der Waals surface area contributed by atoms with Crippen LogP contribution in [0.2, 0.25) is 5.15 Å². The van der Waals surface area contributed by atoms with Crippen molar-refractivity contribution < 1.29 is 13.9 Å². The average molecular weight is 372 g/mol. The second-order valence-corrected chi connectivity index (χ2v) is 5.87. The first-order valence-electron chi connectivity index (χ1n) is 7.75. The Kier molecular flexibility index (Phi) is 5.43. The molecule has 0 saturated heterocycles. The van der Waals surface area contributed by atoms with Crippen molar-refractivity contribution in [3.63, 3.8) is 0 Å². The Hall–Kier alpha value is -2.99. The van der Waals surface area contributed by atoms with Crippen molar-refractivity contribution in [2.45, 2.75) is 6.42 Å². The fourth-order valence-corrected chi connectivity index (χ4v) is 2.69. The average Bonchev–Trinajstić information content (AvgIpc) is 2.61. The predicted molar refractivity (Wildman–Crippen MR) is 97.8 cm³/mol. The highest BCUT2D eigenvalue weighted by atomic mass is 35.5. The van der Waals surface area contributed by atoms with Gasteiger partial charge in [0.1, 0.15) is 22.5 Å². The monoisotopic (exact) mass is 371 g/mol. The van der Waals surface area contributed by atoms with E-state index in [2.05, 4.69) is 15.3 Å². The van der Waals surface area contributed by atoms with Crippen LogP contribution in [0.4, 0.5) is 10.2 Å². The number of aromatic nitrogens is 2. The first kappa shape index (κ1) is 17.8. The normalized spacial score (nSPS) is 10.4. The maximum absolute atomic E-state index is 13.4. The molecule has 132 valence electrons. The minimum absolute atomic E-state index is 0.147. The van der Waals surface area contributed by atoms with Gasteiger partial charge >= 0.3 is 0 Å². The molecular formula is C19H15ClFN3O2. The second-order valence-electron chi connectivity index (χ2n) is 5.49. The number of anilines is 1. The molecule has 1 N–H and O–H groups in total. The first-order chi connectivity index (χ1) is 12.5. The van der Waals surface area contributed by atoms with Crippen molar-refractivity contribution in [2.75, 3.05) is 12.4 Å². The highest BCUT2D eigenvalue weighted by Crippen LogP contribution is 2.31. The molecule has 7 heteroatoms. The highest BCUT2D eigenvalue weighted by molar-refractivity contribution is 6.29. The number of nitrogens with one attached hydrogen (secondary N) is 1. The molecule has 1 aromatic carbocycles. The van der Waals surface area contributed by atoms with E-state index in [1.807, 2.05) is 0 Å². The summed E-state index contributed by atoms with van der Waals surface area (Å²) in [6.45, 7) is 0. The van der Waals surface area contributed by atoms with E-state index in [1.165, 1.54) is 19.2 Å². The maximum Gasteiger partial charge on any atom is 0.229 e. The Morgan fingerprint density at radius 3 is 2.73 bits per heavy atom. The van der Waals surface area contributed by atoms with E-state index in [0.29, 0.717) is 22.3 Å². The van der Waals surface area contributed by atoms with Gasteiger partial charge in [0.15, 0.2) is 0 Å². The van der Waals surface area contributed by atoms with Crippen LogP contribution in [0.25, 0.3) is 11.1 Å². The third-order valence-corrected chi connectivity index (χ3v) is 3.86. The molecule has 1 amide bonds. The van der Waals surface area contributed by atoms with Crippen molar-refractivity contribution in [2.24, 2.45) is 0 Å². The third kappa shape index (κ3) is 4.34. The van der Waals surface area contributed by atoms with Crippen molar-refractivity contribution in [1.82, 2.24) is 9.97 Å². The summed E-state index contributed by atoms with van der Waals surface area (Å²) in [7, 11) is 1.47. The Balaban J connectivity index is 1.78. The number of carbonyl (C=O) groups is 1. The summed E-state index contributed by atoms with van der Waals surface area (Å²) in [5.41, 5.74) is 2.20. The van der Waals surface area contributed by atoms with Gasteiger partial charge in [0, 0.05) is 24.0 Å². The van der Waals surface area contributed by atoms with Gasteiger partial charge in [-0.05, 0) is 47.5 Å². The SMILES string of the molecule is COc1cc(F)ccc1-c1ccnc(NC(=O)Cc2ccnc(Cl)c2)c1. The van der Waals surface area contributed by atoms with Crippen LogP contribution >= 0.6 is 11.6 Å². The number of rotatable bonds is 5. The largest absolute Gasteiger partial charge is 0.496 e. The summed E-state index contributed by atoms with van der Waals surface area (Å²) in [6.07, 6.45) is 3.26. The van der Waals surface area contributed by atoms with E-state index in [1.54, 1.807) is 42.7 Å². The zero-order valence-corrected chi connectivity index (χ0v) is 14.6. The molecule has 5 nitrogen and oxygen atoms in total. The Bertz CT molecular complexity index is 950. The van der Waals surface area contributed by atoms with Gasteiger partial charge in [0.2, 0.25) is 5.91 Å². The number of hydrogen-bond acceptors (Lipinski definition) is 4. The second kappa shape index (κ2) is 7.93. The van der Waals surface area contributed by atoms with Gasteiger partial charge in [-0.3, -0.25) is 4.79 Å². The molecule has 0 aliphatic carbocycles. The summed E-state index contributed by atoms with van der Waals surface area (Å²) in [6, 6.07) is 11.1. The molecule has 0 fully saturated rings. The van der Waals surface area contributed by atoms with Crippen molar-refractivity contribution in [3.8, 4) is 16.9 Å². The van der Waals surface area contributed by atoms with Gasteiger partial charge in [-0.1, -0.05) is 11.6 Å². The number of hydrogen-bond donors (Lipinski definition) is 1. The number of amides is 1. The number of nitrogens with zero attached hydrogens (tertiary/aromatic N) is 2. The quantitative estimate of drug-likeness (QED) is 0.685. The molecule has 0 unspecified atom stereocenters. The lowest BCUT2D eigenvalue weighted by Crippen LogP contribution is -2.15. The Morgan fingerprint density at radius 1 is 1.15 bits per heavy atom. The lowest BCUT2D eigenvalue weighted by Gasteiger charge is -2.10. The zero-order chi connectivity index (χ0) is 18.5. The molecule has 3 rings (SSSR count). The highest BCUT2D eigenvalue weighted by Gasteiger charge is 2.10. The summed E-state index contributed by atoms with van der Waals surface area (Å²) >= 11 is 5.82. The number of halogens is 2. The number of benzene rings is 1. The van der Waals surface area contributed by atoms with Crippen LogP contribution in [0.15, 0.2) is 54.9 Å². The van der Waals surface area contributed by atoms with Gasteiger partial charge in [0.05, 0.1) is 13.5 Å². The van der Waals surface area contributed by atoms with Crippen LogP contribution in [-0.4, -0.2) is 23.0 Å². The Labute approximate surface area is 154 Å². The molecule has 0 aliphatic heterocycles. The van der Waals surface area contributed by atoms with Gasteiger partial charge in [0.25, 0.3) is 0 Å². The minimum atomic E-state index is -0.385.